The topological polar surface area (TPSA) is 156 Å². The summed E-state index contributed by atoms with van der Waals surface area (Å²) < 4.78 is 1.03. The fourth-order valence-electron chi connectivity index (χ4n) is 2.48. The fraction of sp³-hybridized carbons (Fsp3) is 0.0588. The Balaban J connectivity index is 2.84. The van der Waals surface area contributed by atoms with Crippen molar-refractivity contribution < 1.29 is 24.7 Å². The lowest BCUT2D eigenvalue weighted by Crippen LogP contribution is -2.16. The first kappa shape index (κ1) is 20.5. The first-order chi connectivity index (χ1) is 13.2. The largest absolute Gasteiger partial charge is 0.494 e. The zero-order valence-electron chi connectivity index (χ0n) is 14.1. The number of aldehydes is 1. The molecule has 0 fully saturated rings. The van der Waals surface area contributed by atoms with Gasteiger partial charge in [-0.15, -0.1) is 6.58 Å². The van der Waals surface area contributed by atoms with Crippen molar-refractivity contribution >= 4 is 41.8 Å². The van der Waals surface area contributed by atoms with E-state index in [4.69, 9.17) is 17.3 Å². The van der Waals surface area contributed by atoms with Crippen LogP contribution < -0.4 is 5.56 Å². The van der Waals surface area contributed by atoms with Gasteiger partial charge in [0.15, 0.2) is 11.1 Å². The van der Waals surface area contributed by atoms with Crippen molar-refractivity contribution in [2.75, 3.05) is 0 Å². The molecule has 10 nitrogen and oxygen atoms in total. The van der Waals surface area contributed by atoms with Gasteiger partial charge in [0.25, 0.3) is 11.2 Å². The van der Waals surface area contributed by atoms with E-state index in [0.717, 1.165) is 22.8 Å². The van der Waals surface area contributed by atoms with E-state index in [1.165, 1.54) is 12.1 Å². The Morgan fingerprint density at radius 1 is 1.39 bits per heavy atom. The number of nitrogens with one attached hydrogen (secondary N) is 1. The van der Waals surface area contributed by atoms with Gasteiger partial charge in [-0.25, -0.2) is 4.79 Å². The summed E-state index contributed by atoms with van der Waals surface area (Å²) >= 11 is 4.94. The number of rotatable bonds is 7. The van der Waals surface area contributed by atoms with Crippen molar-refractivity contribution in [2.24, 2.45) is 0 Å². The maximum absolute atomic E-state index is 12.2. The number of allylic oxidation sites excluding steroid dienone is 2. The van der Waals surface area contributed by atoms with Crippen LogP contribution in [0.2, 0.25) is 0 Å². The highest BCUT2D eigenvalue weighted by molar-refractivity contribution is 7.71. The van der Waals surface area contributed by atoms with E-state index >= 15 is 0 Å². The third-order valence-corrected chi connectivity index (χ3v) is 4.03. The number of para-hydroxylation sites is 1. The molecule has 3 N–H and O–H groups in total. The smallest absolute Gasteiger partial charge is 0.342 e. The maximum atomic E-state index is 12.2. The van der Waals surface area contributed by atoms with E-state index in [2.05, 4.69) is 11.6 Å². The Morgan fingerprint density at radius 2 is 2.04 bits per heavy atom. The lowest BCUT2D eigenvalue weighted by atomic mass is 9.99. The first-order valence-electron chi connectivity index (χ1n) is 7.57. The lowest BCUT2D eigenvalue weighted by Gasteiger charge is -2.10. The number of hydrogen-bond donors (Lipinski definition) is 3. The SMILES string of the molecule is C=CCn1c(O)c(C=C(C=O)c2cccc(C(=O)O)c2[N+](=O)[O-])c(=O)[nH]c1=S. The molecule has 0 amide bonds. The molecular weight excluding hydrogens is 390 g/mol. The van der Waals surface area contributed by atoms with Gasteiger partial charge >= 0.3 is 5.97 Å². The zero-order chi connectivity index (χ0) is 21.0. The molecule has 0 aliphatic heterocycles. The molecule has 0 spiro atoms. The summed E-state index contributed by atoms with van der Waals surface area (Å²) in [4.78, 5) is 47.8. The minimum atomic E-state index is -1.56. The molecule has 28 heavy (non-hydrogen) atoms. The minimum absolute atomic E-state index is 0.0490. The summed E-state index contributed by atoms with van der Waals surface area (Å²) in [6.45, 7) is 3.55. The summed E-state index contributed by atoms with van der Waals surface area (Å²) in [7, 11) is 0. The molecular formula is C17H13N3O7S. The van der Waals surface area contributed by atoms with Crippen LogP contribution >= 0.6 is 12.2 Å². The molecule has 1 aromatic carbocycles. The number of H-pyrrole nitrogens is 1. The first-order valence-corrected chi connectivity index (χ1v) is 7.98. The molecule has 2 rings (SSSR count). The molecule has 0 saturated carbocycles. The third kappa shape index (κ3) is 3.78. The van der Waals surface area contributed by atoms with Gasteiger partial charge in [-0.3, -0.25) is 29.3 Å². The van der Waals surface area contributed by atoms with Crippen molar-refractivity contribution in [1.82, 2.24) is 9.55 Å². The maximum Gasteiger partial charge on any atom is 0.342 e. The van der Waals surface area contributed by atoms with Crippen molar-refractivity contribution in [3.05, 3.63) is 72.8 Å². The summed E-state index contributed by atoms with van der Waals surface area (Å²) in [6.07, 6.45) is 2.54. The Hall–Kier alpha value is -3.86. The molecule has 2 aromatic rings. The highest BCUT2D eigenvalue weighted by Gasteiger charge is 2.26. The monoisotopic (exact) mass is 403 g/mol. The Bertz CT molecular complexity index is 1140. The second-order valence-corrected chi connectivity index (χ2v) is 5.76. The second kappa shape index (κ2) is 8.22. The zero-order valence-corrected chi connectivity index (χ0v) is 14.9. The van der Waals surface area contributed by atoms with Crippen LogP contribution in [0.25, 0.3) is 11.6 Å². The molecule has 1 heterocycles. The van der Waals surface area contributed by atoms with Crippen LogP contribution in [0.3, 0.4) is 0 Å². The van der Waals surface area contributed by atoms with Crippen LogP contribution in [0.5, 0.6) is 5.88 Å². The van der Waals surface area contributed by atoms with Crippen LogP contribution in [-0.2, 0) is 11.3 Å². The molecule has 0 atom stereocenters. The van der Waals surface area contributed by atoms with Crippen molar-refractivity contribution in [2.45, 2.75) is 6.54 Å². The standard InChI is InChI=1S/C17H13N3O7S/c1-2-6-19-15(23)12(14(22)18-17(19)28)7-9(8-21)10-4-3-5-11(16(24)25)13(10)20(26)27/h2-5,7-8,23H,1,6H2,(H,24,25)(H,18,22,28). The van der Waals surface area contributed by atoms with Crippen LogP contribution in [0, 0.1) is 14.9 Å². The van der Waals surface area contributed by atoms with E-state index in [0.29, 0.717) is 0 Å². The number of carbonyl (C=O) groups is 2. The number of carbonyl (C=O) groups excluding carboxylic acids is 1. The van der Waals surface area contributed by atoms with Crippen LogP contribution in [0.15, 0.2) is 35.6 Å². The molecule has 0 bridgehead atoms. The van der Waals surface area contributed by atoms with E-state index in [9.17, 15) is 29.6 Å². The molecule has 0 radical (unpaired) electrons. The number of aromatic nitrogens is 2. The van der Waals surface area contributed by atoms with Gasteiger partial charge in [0.2, 0.25) is 5.88 Å². The van der Waals surface area contributed by atoms with Crippen molar-refractivity contribution in [3.8, 4) is 5.88 Å². The number of carboxylic acids is 1. The van der Waals surface area contributed by atoms with Gasteiger partial charge in [-0.2, -0.15) is 0 Å². The van der Waals surface area contributed by atoms with E-state index < -0.39 is 33.6 Å². The molecule has 0 aliphatic rings. The predicted octanol–water partition coefficient (Wildman–Crippen LogP) is 2.14. The number of aromatic carboxylic acids is 1. The van der Waals surface area contributed by atoms with E-state index in [-0.39, 0.29) is 34.3 Å². The normalized spacial score (nSPS) is 11.1. The number of nitrogens with zero attached hydrogens (tertiary/aromatic N) is 2. The number of nitro benzene ring substituents is 1. The van der Waals surface area contributed by atoms with Gasteiger partial charge in [-0.1, -0.05) is 12.1 Å². The Kier molecular flexibility index (Phi) is 6.01. The van der Waals surface area contributed by atoms with Gasteiger partial charge in [0.1, 0.15) is 11.1 Å². The predicted molar refractivity (Wildman–Crippen MR) is 102 cm³/mol. The number of hydrogen-bond acceptors (Lipinski definition) is 7. The van der Waals surface area contributed by atoms with Gasteiger partial charge in [-0.05, 0) is 30.4 Å². The van der Waals surface area contributed by atoms with Crippen LogP contribution in [0.1, 0.15) is 21.5 Å². The number of nitro groups is 1. The molecule has 0 unspecified atom stereocenters. The molecule has 0 aliphatic carbocycles. The average molecular weight is 403 g/mol. The average Bonchev–Trinajstić information content (AvgIpc) is 2.64. The van der Waals surface area contributed by atoms with Crippen LogP contribution in [0.4, 0.5) is 5.69 Å². The minimum Gasteiger partial charge on any atom is -0.494 e. The van der Waals surface area contributed by atoms with Crippen molar-refractivity contribution in [3.63, 3.8) is 0 Å². The van der Waals surface area contributed by atoms with Gasteiger partial charge < -0.3 is 10.2 Å². The van der Waals surface area contributed by atoms with Gasteiger partial charge in [0.05, 0.1) is 10.5 Å². The summed E-state index contributed by atoms with van der Waals surface area (Å²) in [5, 5.41) is 30.9. The molecule has 1 aromatic heterocycles. The summed E-state index contributed by atoms with van der Waals surface area (Å²) in [5.41, 5.74) is -3.36. The Morgan fingerprint density at radius 3 is 2.57 bits per heavy atom. The van der Waals surface area contributed by atoms with Crippen LogP contribution in [-0.4, -0.2) is 36.9 Å². The van der Waals surface area contributed by atoms with Gasteiger partial charge in [0, 0.05) is 12.1 Å². The number of aromatic amines is 1. The highest BCUT2D eigenvalue weighted by atomic mass is 32.1. The number of carboxylic acid groups (broad SMARTS) is 1. The Labute approximate surface area is 161 Å². The quantitative estimate of drug-likeness (QED) is 0.159. The summed E-state index contributed by atoms with van der Waals surface area (Å²) in [6, 6.07) is 3.40. The molecule has 11 heteroatoms. The lowest BCUT2D eigenvalue weighted by molar-refractivity contribution is -0.385. The van der Waals surface area contributed by atoms with Crippen molar-refractivity contribution in [1.29, 1.82) is 0 Å². The van der Waals surface area contributed by atoms with E-state index in [1.807, 2.05) is 0 Å². The second-order valence-electron chi connectivity index (χ2n) is 5.38. The number of aromatic hydroxyl groups is 1. The molecule has 0 saturated heterocycles. The summed E-state index contributed by atoms with van der Waals surface area (Å²) in [5.74, 6) is -2.14. The van der Waals surface area contributed by atoms with E-state index in [1.54, 1.807) is 0 Å². The fourth-order valence-corrected chi connectivity index (χ4v) is 2.73. The third-order valence-electron chi connectivity index (χ3n) is 3.71. The number of benzene rings is 1. The highest BCUT2D eigenvalue weighted by Crippen LogP contribution is 2.30. The molecule has 144 valence electrons.